The van der Waals surface area contributed by atoms with Gasteiger partial charge in [-0.25, -0.2) is 14.6 Å². The van der Waals surface area contributed by atoms with Gasteiger partial charge in [-0.2, -0.15) is 5.10 Å². The summed E-state index contributed by atoms with van der Waals surface area (Å²) in [5.74, 6) is 1.26. The minimum Gasteiger partial charge on any atom is -0.438 e. The Balaban J connectivity index is 1.73. The topological polar surface area (TPSA) is 52.8 Å². The smallest absolute Gasteiger partial charge is 0.233 e. The zero-order valence-corrected chi connectivity index (χ0v) is 15.1. The molecular weight excluding hydrogens is 324 g/mol. The number of aromatic nitrogens is 4. The minimum absolute atomic E-state index is 0.509. The molecule has 0 aliphatic rings. The molecule has 0 bridgehead atoms. The summed E-state index contributed by atoms with van der Waals surface area (Å²) in [5.41, 5.74) is 5.43. The van der Waals surface area contributed by atoms with E-state index in [1.807, 2.05) is 22.9 Å². The predicted molar refractivity (Wildman–Crippen MR) is 102 cm³/mol. The van der Waals surface area contributed by atoms with Crippen molar-refractivity contribution in [1.82, 2.24) is 19.7 Å². The SMILES string of the molecule is CCc1ccc(Oc2ncnc3c2cnn3-c2ccc(C)c(C)c2)cc1. The fourth-order valence-electron chi connectivity index (χ4n) is 2.86. The second kappa shape index (κ2) is 6.59. The van der Waals surface area contributed by atoms with Crippen LogP contribution in [0.1, 0.15) is 23.6 Å². The molecule has 26 heavy (non-hydrogen) atoms. The molecule has 5 heteroatoms. The van der Waals surface area contributed by atoms with Gasteiger partial charge in [0.1, 0.15) is 17.5 Å². The molecule has 4 aromatic rings. The lowest BCUT2D eigenvalue weighted by molar-refractivity contribution is 0.468. The van der Waals surface area contributed by atoms with Crippen molar-refractivity contribution in [3.63, 3.8) is 0 Å². The van der Waals surface area contributed by atoms with E-state index in [1.54, 1.807) is 6.20 Å². The molecule has 130 valence electrons. The fraction of sp³-hybridized carbons (Fsp3) is 0.190. The number of rotatable bonds is 4. The lowest BCUT2D eigenvalue weighted by atomic mass is 10.1. The summed E-state index contributed by atoms with van der Waals surface area (Å²) in [7, 11) is 0. The quantitative estimate of drug-likeness (QED) is 0.534. The number of aryl methyl sites for hydroxylation is 3. The Kier molecular flexibility index (Phi) is 4.13. The number of hydrogen-bond acceptors (Lipinski definition) is 4. The molecule has 0 radical (unpaired) electrons. The monoisotopic (exact) mass is 344 g/mol. The Morgan fingerprint density at radius 1 is 0.962 bits per heavy atom. The fourth-order valence-corrected chi connectivity index (χ4v) is 2.86. The second-order valence-electron chi connectivity index (χ2n) is 6.34. The van der Waals surface area contributed by atoms with Crippen LogP contribution in [-0.4, -0.2) is 19.7 Å². The van der Waals surface area contributed by atoms with E-state index in [0.29, 0.717) is 5.88 Å². The first-order valence-electron chi connectivity index (χ1n) is 8.69. The first-order valence-corrected chi connectivity index (χ1v) is 8.69. The molecule has 4 rings (SSSR count). The van der Waals surface area contributed by atoms with Crippen LogP contribution in [0, 0.1) is 13.8 Å². The highest BCUT2D eigenvalue weighted by molar-refractivity contribution is 5.81. The van der Waals surface area contributed by atoms with Crippen molar-refractivity contribution in [3.8, 4) is 17.3 Å². The highest BCUT2D eigenvalue weighted by Gasteiger charge is 2.13. The van der Waals surface area contributed by atoms with Crippen molar-refractivity contribution in [2.45, 2.75) is 27.2 Å². The van der Waals surface area contributed by atoms with Crippen LogP contribution in [0.4, 0.5) is 0 Å². The van der Waals surface area contributed by atoms with Gasteiger partial charge in [-0.3, -0.25) is 0 Å². The summed E-state index contributed by atoms with van der Waals surface area (Å²) < 4.78 is 7.79. The van der Waals surface area contributed by atoms with Crippen LogP contribution < -0.4 is 4.74 Å². The summed E-state index contributed by atoms with van der Waals surface area (Å²) in [6.45, 7) is 6.32. The number of hydrogen-bond donors (Lipinski definition) is 0. The summed E-state index contributed by atoms with van der Waals surface area (Å²) in [4.78, 5) is 8.71. The molecule has 5 nitrogen and oxygen atoms in total. The molecule has 2 aromatic carbocycles. The van der Waals surface area contributed by atoms with Gasteiger partial charge in [0.15, 0.2) is 5.65 Å². The van der Waals surface area contributed by atoms with Crippen molar-refractivity contribution in [2.24, 2.45) is 0 Å². The first-order chi connectivity index (χ1) is 12.7. The molecule has 0 fully saturated rings. The average Bonchev–Trinajstić information content (AvgIpc) is 3.10. The highest BCUT2D eigenvalue weighted by atomic mass is 16.5. The first kappa shape index (κ1) is 16.3. The van der Waals surface area contributed by atoms with Gasteiger partial charge in [0.05, 0.1) is 11.9 Å². The highest BCUT2D eigenvalue weighted by Crippen LogP contribution is 2.28. The molecule has 0 aliphatic carbocycles. The minimum atomic E-state index is 0.509. The predicted octanol–water partition coefficient (Wildman–Crippen LogP) is 4.79. The zero-order chi connectivity index (χ0) is 18.1. The summed E-state index contributed by atoms with van der Waals surface area (Å²) in [6.07, 6.45) is 4.26. The summed E-state index contributed by atoms with van der Waals surface area (Å²) in [6, 6.07) is 14.3. The van der Waals surface area contributed by atoms with Crippen molar-refractivity contribution >= 4 is 11.0 Å². The molecule has 0 saturated heterocycles. The van der Waals surface area contributed by atoms with Crippen molar-refractivity contribution < 1.29 is 4.74 Å². The molecule has 2 heterocycles. The molecule has 0 atom stereocenters. The zero-order valence-electron chi connectivity index (χ0n) is 15.1. The maximum absolute atomic E-state index is 5.98. The molecular formula is C21H20N4O. The van der Waals surface area contributed by atoms with Crippen LogP contribution in [0.5, 0.6) is 11.6 Å². The van der Waals surface area contributed by atoms with Gasteiger partial charge in [0, 0.05) is 0 Å². The van der Waals surface area contributed by atoms with Crippen molar-refractivity contribution in [3.05, 3.63) is 71.7 Å². The maximum atomic E-state index is 5.98. The molecule has 0 N–H and O–H groups in total. The van der Waals surface area contributed by atoms with Crippen LogP contribution in [-0.2, 0) is 6.42 Å². The maximum Gasteiger partial charge on any atom is 0.233 e. The van der Waals surface area contributed by atoms with Gasteiger partial charge in [-0.15, -0.1) is 0 Å². The molecule has 0 saturated carbocycles. The number of benzene rings is 2. The molecule has 0 spiro atoms. The van der Waals surface area contributed by atoms with E-state index in [2.05, 4.69) is 60.1 Å². The van der Waals surface area contributed by atoms with Gasteiger partial charge >= 0.3 is 0 Å². The van der Waals surface area contributed by atoms with Crippen LogP contribution >= 0.6 is 0 Å². The van der Waals surface area contributed by atoms with Crippen molar-refractivity contribution in [1.29, 1.82) is 0 Å². The lowest BCUT2D eigenvalue weighted by Crippen LogP contribution is -1.99. The Morgan fingerprint density at radius 3 is 2.50 bits per heavy atom. The van der Waals surface area contributed by atoms with Gasteiger partial charge in [-0.05, 0) is 61.2 Å². The van der Waals surface area contributed by atoms with Crippen molar-refractivity contribution in [2.75, 3.05) is 0 Å². The van der Waals surface area contributed by atoms with E-state index >= 15 is 0 Å². The van der Waals surface area contributed by atoms with E-state index in [0.717, 1.165) is 28.9 Å². The third kappa shape index (κ3) is 2.92. The van der Waals surface area contributed by atoms with E-state index in [-0.39, 0.29) is 0 Å². The summed E-state index contributed by atoms with van der Waals surface area (Å²) in [5, 5.41) is 5.28. The lowest BCUT2D eigenvalue weighted by Gasteiger charge is -2.08. The van der Waals surface area contributed by atoms with E-state index < -0.39 is 0 Å². The number of nitrogens with zero attached hydrogens (tertiary/aromatic N) is 4. The summed E-state index contributed by atoms with van der Waals surface area (Å²) >= 11 is 0. The van der Waals surface area contributed by atoms with Gasteiger partial charge in [0.2, 0.25) is 5.88 Å². The Morgan fingerprint density at radius 2 is 1.77 bits per heavy atom. The molecule has 0 aliphatic heterocycles. The Labute approximate surface area is 152 Å². The third-order valence-electron chi connectivity index (χ3n) is 4.61. The normalized spacial score (nSPS) is 11.0. The van der Waals surface area contributed by atoms with E-state index in [1.165, 1.54) is 23.0 Å². The van der Waals surface area contributed by atoms with Gasteiger partial charge in [0.25, 0.3) is 0 Å². The average molecular weight is 344 g/mol. The number of ether oxygens (including phenoxy) is 1. The standard InChI is InChI=1S/C21H20N4O/c1-4-16-6-9-18(10-7-16)26-21-19-12-24-25(20(19)22-13-23-21)17-8-5-14(2)15(3)11-17/h5-13H,4H2,1-3H3. The van der Waals surface area contributed by atoms with Crippen LogP contribution in [0.3, 0.4) is 0 Å². The van der Waals surface area contributed by atoms with E-state index in [4.69, 9.17) is 4.74 Å². The molecule has 2 aromatic heterocycles. The largest absolute Gasteiger partial charge is 0.438 e. The van der Waals surface area contributed by atoms with Gasteiger partial charge in [-0.1, -0.05) is 25.1 Å². The van der Waals surface area contributed by atoms with Crippen LogP contribution in [0.25, 0.3) is 16.7 Å². The van der Waals surface area contributed by atoms with Crippen LogP contribution in [0.2, 0.25) is 0 Å². The Hall–Kier alpha value is -3.21. The molecule has 0 unspecified atom stereocenters. The number of fused-ring (bicyclic) bond motifs is 1. The second-order valence-corrected chi connectivity index (χ2v) is 6.34. The Bertz CT molecular complexity index is 1070. The van der Waals surface area contributed by atoms with E-state index in [9.17, 15) is 0 Å². The third-order valence-corrected chi connectivity index (χ3v) is 4.61. The van der Waals surface area contributed by atoms with Crippen LogP contribution in [0.15, 0.2) is 55.0 Å². The van der Waals surface area contributed by atoms with Gasteiger partial charge < -0.3 is 4.74 Å². The molecule has 0 amide bonds.